The van der Waals surface area contributed by atoms with E-state index in [0.717, 1.165) is 66.1 Å². The summed E-state index contributed by atoms with van der Waals surface area (Å²) in [6.45, 7) is 7.64. The Morgan fingerprint density at radius 3 is 1.86 bits per heavy atom. The predicted molar refractivity (Wildman–Crippen MR) is 172 cm³/mol. The zero-order valence-electron chi connectivity index (χ0n) is 22.5. The van der Waals surface area contributed by atoms with E-state index in [2.05, 4.69) is 117 Å². The SMILES string of the molecule is [C-]#[N+]c1cccc(-n2c3ccccc3c3cccc(-c4cccc5c6cc(C#N)ccc6n(-c6ccccc6)c45)c32)c1. The second-order valence-corrected chi connectivity index (χ2v) is 10.4. The van der Waals surface area contributed by atoms with Gasteiger partial charge in [0.1, 0.15) is 0 Å². The highest BCUT2D eigenvalue weighted by Gasteiger charge is 2.21. The number of benzene rings is 6. The molecule has 0 radical (unpaired) electrons. The lowest BCUT2D eigenvalue weighted by atomic mass is 9.99. The van der Waals surface area contributed by atoms with Crippen LogP contribution in [0.5, 0.6) is 0 Å². The van der Waals surface area contributed by atoms with Gasteiger partial charge in [0.2, 0.25) is 0 Å². The van der Waals surface area contributed by atoms with Gasteiger partial charge in [0.25, 0.3) is 0 Å². The second-order valence-electron chi connectivity index (χ2n) is 10.4. The number of rotatable bonds is 3. The predicted octanol–water partition coefficient (Wildman–Crippen LogP) is 9.97. The molecule has 0 saturated heterocycles. The average molecular weight is 535 g/mol. The summed E-state index contributed by atoms with van der Waals surface area (Å²) in [5.41, 5.74) is 9.80. The Morgan fingerprint density at radius 1 is 0.524 bits per heavy atom. The van der Waals surface area contributed by atoms with E-state index < -0.39 is 0 Å². The van der Waals surface area contributed by atoms with Crippen LogP contribution < -0.4 is 0 Å². The molecular weight excluding hydrogens is 512 g/mol. The lowest BCUT2D eigenvalue weighted by molar-refractivity contribution is 1.17. The van der Waals surface area contributed by atoms with Gasteiger partial charge in [-0.3, -0.25) is 0 Å². The van der Waals surface area contributed by atoms with Gasteiger partial charge in [-0.25, -0.2) is 4.85 Å². The molecule has 0 bridgehead atoms. The monoisotopic (exact) mass is 534 g/mol. The van der Waals surface area contributed by atoms with E-state index in [1.54, 1.807) is 0 Å². The maximum Gasteiger partial charge on any atom is 0.189 e. The summed E-state index contributed by atoms with van der Waals surface area (Å²) in [6, 6.07) is 47.9. The van der Waals surface area contributed by atoms with E-state index in [9.17, 15) is 5.26 Å². The van der Waals surface area contributed by atoms with Crippen molar-refractivity contribution in [3.8, 4) is 28.6 Å². The normalized spacial score (nSPS) is 11.3. The zero-order valence-corrected chi connectivity index (χ0v) is 22.5. The van der Waals surface area contributed by atoms with E-state index in [1.165, 1.54) is 0 Å². The number of hydrogen-bond donors (Lipinski definition) is 0. The maximum atomic E-state index is 9.71. The summed E-state index contributed by atoms with van der Waals surface area (Å²) in [5.74, 6) is 0. The first kappa shape index (κ1) is 23.8. The van der Waals surface area contributed by atoms with Crippen molar-refractivity contribution < 1.29 is 0 Å². The molecule has 6 aromatic carbocycles. The lowest BCUT2D eigenvalue weighted by Crippen LogP contribution is -1.98. The van der Waals surface area contributed by atoms with E-state index >= 15 is 0 Å². The highest BCUT2D eigenvalue weighted by atomic mass is 15.0. The van der Waals surface area contributed by atoms with Crippen LogP contribution in [0.1, 0.15) is 5.56 Å². The van der Waals surface area contributed by atoms with Crippen LogP contribution in [0.4, 0.5) is 5.69 Å². The molecule has 8 aromatic rings. The van der Waals surface area contributed by atoms with Crippen LogP contribution in [0.25, 0.3) is 71.0 Å². The van der Waals surface area contributed by atoms with E-state index in [4.69, 9.17) is 6.57 Å². The van der Waals surface area contributed by atoms with Gasteiger partial charge in [0, 0.05) is 44.0 Å². The summed E-state index contributed by atoms with van der Waals surface area (Å²) in [7, 11) is 0. The second kappa shape index (κ2) is 9.24. The van der Waals surface area contributed by atoms with Gasteiger partial charge in [0.05, 0.1) is 40.3 Å². The first-order valence-corrected chi connectivity index (χ1v) is 13.8. The third-order valence-electron chi connectivity index (χ3n) is 8.13. The summed E-state index contributed by atoms with van der Waals surface area (Å²) in [4.78, 5) is 3.72. The fraction of sp³-hybridized carbons (Fsp3) is 0. The highest BCUT2D eigenvalue weighted by molar-refractivity contribution is 6.19. The summed E-state index contributed by atoms with van der Waals surface area (Å²) >= 11 is 0. The maximum absolute atomic E-state index is 9.71. The van der Waals surface area contributed by atoms with Gasteiger partial charge < -0.3 is 9.13 Å². The van der Waals surface area contributed by atoms with Crippen LogP contribution in [0.3, 0.4) is 0 Å². The van der Waals surface area contributed by atoms with Gasteiger partial charge in [-0.05, 0) is 48.5 Å². The van der Waals surface area contributed by atoms with Crippen molar-refractivity contribution in [2.24, 2.45) is 0 Å². The van der Waals surface area contributed by atoms with E-state index in [1.807, 2.05) is 36.4 Å². The van der Waals surface area contributed by atoms with E-state index in [-0.39, 0.29) is 0 Å². The first-order chi connectivity index (χ1) is 20.8. The fourth-order valence-corrected chi connectivity index (χ4v) is 6.41. The number of fused-ring (bicyclic) bond motifs is 6. The molecule has 8 rings (SSSR count). The number of aromatic nitrogens is 2. The van der Waals surface area contributed by atoms with Crippen molar-refractivity contribution in [2.45, 2.75) is 0 Å². The smallest absolute Gasteiger partial charge is 0.189 e. The molecule has 0 aliphatic heterocycles. The topological polar surface area (TPSA) is 38.0 Å². The summed E-state index contributed by atoms with van der Waals surface area (Å²) in [5, 5.41) is 14.2. The molecule has 0 saturated carbocycles. The molecule has 194 valence electrons. The van der Waals surface area contributed by atoms with E-state index in [0.29, 0.717) is 11.3 Å². The Labute approximate surface area is 242 Å². The molecule has 0 unspecified atom stereocenters. The lowest BCUT2D eigenvalue weighted by Gasteiger charge is -2.15. The minimum atomic E-state index is 0.607. The minimum Gasteiger partial charge on any atom is -0.310 e. The largest absolute Gasteiger partial charge is 0.310 e. The zero-order chi connectivity index (χ0) is 28.2. The minimum absolute atomic E-state index is 0.607. The standard InChI is InChI=1S/C38H22N4/c1-40-26-10-7-13-28(23-26)42-35-19-6-5-14-29(35)30-15-8-16-31(37(30)42)32-17-9-18-33-34-22-25(24-39)20-21-36(34)41(38(32)33)27-11-3-2-4-12-27/h2-23H. The van der Waals surface area contributed by atoms with Crippen molar-refractivity contribution >= 4 is 49.3 Å². The van der Waals surface area contributed by atoms with Crippen LogP contribution >= 0.6 is 0 Å². The molecule has 4 nitrogen and oxygen atoms in total. The fourth-order valence-electron chi connectivity index (χ4n) is 6.41. The van der Waals surface area contributed by atoms with Crippen LogP contribution in [0.15, 0.2) is 133 Å². The summed E-state index contributed by atoms with van der Waals surface area (Å²) < 4.78 is 4.60. The molecule has 0 aliphatic carbocycles. The number of hydrogen-bond acceptors (Lipinski definition) is 1. The van der Waals surface area contributed by atoms with Gasteiger partial charge in [-0.1, -0.05) is 84.9 Å². The Bertz CT molecular complexity index is 2430. The summed E-state index contributed by atoms with van der Waals surface area (Å²) in [6.07, 6.45) is 0. The Kier molecular flexibility index (Phi) is 5.22. The molecule has 0 amide bonds. The van der Waals surface area contributed by atoms with Crippen molar-refractivity contribution in [2.75, 3.05) is 0 Å². The van der Waals surface area contributed by atoms with Crippen molar-refractivity contribution in [3.05, 3.63) is 150 Å². The molecule has 4 heteroatoms. The molecule has 2 heterocycles. The number of nitriles is 1. The van der Waals surface area contributed by atoms with Gasteiger partial charge in [-0.15, -0.1) is 0 Å². The highest BCUT2D eigenvalue weighted by Crippen LogP contribution is 2.43. The molecule has 42 heavy (non-hydrogen) atoms. The Hall–Kier alpha value is -6.10. The van der Waals surface area contributed by atoms with Crippen LogP contribution in [-0.2, 0) is 0 Å². The van der Waals surface area contributed by atoms with Crippen LogP contribution in [-0.4, -0.2) is 9.13 Å². The van der Waals surface area contributed by atoms with Crippen LogP contribution in [0.2, 0.25) is 0 Å². The molecule has 0 N–H and O–H groups in total. The van der Waals surface area contributed by atoms with Crippen molar-refractivity contribution in [1.82, 2.24) is 9.13 Å². The quantitative estimate of drug-likeness (QED) is 0.208. The van der Waals surface area contributed by atoms with Gasteiger partial charge in [-0.2, -0.15) is 5.26 Å². The molecular formula is C38H22N4. The number of nitrogens with zero attached hydrogens (tertiary/aromatic N) is 4. The Balaban J connectivity index is 1.56. The third-order valence-corrected chi connectivity index (χ3v) is 8.13. The molecule has 0 atom stereocenters. The van der Waals surface area contributed by atoms with Crippen molar-refractivity contribution in [1.29, 1.82) is 5.26 Å². The van der Waals surface area contributed by atoms with Gasteiger partial charge in [0.15, 0.2) is 5.69 Å². The molecule has 0 spiro atoms. The molecule has 2 aromatic heterocycles. The van der Waals surface area contributed by atoms with Crippen molar-refractivity contribution in [3.63, 3.8) is 0 Å². The van der Waals surface area contributed by atoms with Crippen LogP contribution in [0, 0.1) is 17.9 Å². The Morgan fingerprint density at radius 2 is 1.12 bits per heavy atom. The molecule has 0 fully saturated rings. The average Bonchev–Trinajstić information content (AvgIpc) is 3.58. The first-order valence-electron chi connectivity index (χ1n) is 13.8. The third kappa shape index (κ3) is 3.40. The van der Waals surface area contributed by atoms with Gasteiger partial charge >= 0.3 is 0 Å². The molecule has 0 aliphatic rings. The number of para-hydroxylation sites is 4.